The first kappa shape index (κ1) is 33.7. The average Bonchev–Trinajstić information content (AvgIpc) is 2.44. The molecule has 0 aliphatic carbocycles. The maximum atomic E-state index is 11.3. The van der Waals surface area contributed by atoms with Crippen molar-refractivity contribution in [3.05, 3.63) is 0 Å². The number of hydrogen-bond acceptors (Lipinski definition) is 8. The van der Waals surface area contributed by atoms with E-state index in [9.17, 15) is 35.5 Å². The Bertz CT molecular complexity index is 646. The molecular weight excluding hydrogens is 452 g/mol. The summed E-state index contributed by atoms with van der Waals surface area (Å²) in [6, 6.07) is 0. The Hall–Kier alpha value is 0.0197. The summed E-state index contributed by atoms with van der Waals surface area (Å²) in [6.07, 6.45) is 0.321. The second kappa shape index (κ2) is 14.2. The van der Waals surface area contributed by atoms with Gasteiger partial charge in [0.15, 0.2) is 0 Å². The van der Waals surface area contributed by atoms with E-state index in [4.69, 9.17) is 0 Å². The molecule has 10 nitrogen and oxygen atoms in total. The molecule has 0 rings (SSSR count). The van der Waals surface area contributed by atoms with Gasteiger partial charge in [-0.15, -0.1) is 0 Å². The molecule has 2 amide bonds. The van der Waals surface area contributed by atoms with Gasteiger partial charge in [0, 0.05) is 35.4 Å². The summed E-state index contributed by atoms with van der Waals surface area (Å²) < 4.78 is 61.2. The van der Waals surface area contributed by atoms with E-state index in [1.165, 1.54) is 0 Å². The first-order valence-electron chi connectivity index (χ1n) is 8.69. The maximum Gasteiger partial charge on any atom is 2.00 e. The summed E-state index contributed by atoms with van der Waals surface area (Å²) in [5, 5.41) is 5.11. The zero-order valence-electron chi connectivity index (χ0n) is 18.0. The summed E-state index contributed by atoms with van der Waals surface area (Å²) in [5.74, 6) is -1.17. The molecule has 0 aromatic carbocycles. The Morgan fingerprint density at radius 1 is 0.690 bits per heavy atom. The number of amides is 2. The molecule has 0 aromatic heterocycles. The van der Waals surface area contributed by atoms with Crippen molar-refractivity contribution >= 4 is 69.8 Å². The third-order valence-corrected chi connectivity index (χ3v) is 4.65. The van der Waals surface area contributed by atoms with E-state index in [-0.39, 0.29) is 75.5 Å². The van der Waals surface area contributed by atoms with Crippen LogP contribution in [0.5, 0.6) is 0 Å². The van der Waals surface area contributed by atoms with E-state index >= 15 is 0 Å². The van der Waals surface area contributed by atoms with Crippen molar-refractivity contribution in [2.75, 3.05) is 24.6 Å². The molecule has 0 fully saturated rings. The van der Waals surface area contributed by atoms with Crippen LogP contribution < -0.4 is 10.6 Å². The molecule has 2 N–H and O–H groups in total. The van der Waals surface area contributed by atoms with Crippen molar-refractivity contribution in [2.24, 2.45) is 10.8 Å². The van der Waals surface area contributed by atoms with Crippen LogP contribution in [0.2, 0.25) is 0 Å². The third kappa shape index (κ3) is 24.2. The van der Waals surface area contributed by atoms with Gasteiger partial charge in [0.05, 0.1) is 20.2 Å². The van der Waals surface area contributed by atoms with Crippen molar-refractivity contribution < 1.29 is 35.5 Å². The summed E-state index contributed by atoms with van der Waals surface area (Å²) in [4.78, 5) is 22.5. The van der Waals surface area contributed by atoms with Crippen LogP contribution in [0.15, 0.2) is 0 Å². The van der Waals surface area contributed by atoms with Crippen LogP contribution in [0.4, 0.5) is 0 Å². The van der Waals surface area contributed by atoms with E-state index in [2.05, 4.69) is 10.6 Å². The molecule has 0 radical (unpaired) electrons. The molecule has 0 atom stereocenters. The molecule has 0 aliphatic heterocycles. The molecule has 0 spiro atoms. The largest absolute Gasteiger partial charge is 2.00 e. The standard InChI is InChI=1S/2C8H17NO4S.Ca/c2*1-8(2,3)7(10)9-5-4-6-14(11,12)13;/h2*4-6H2,1-3H3,(H,9,10)(H,11,12,13);/q;;+2/p-2. The van der Waals surface area contributed by atoms with Crippen LogP contribution in [0.1, 0.15) is 54.4 Å². The Labute approximate surface area is 204 Å². The SMILES string of the molecule is CC(C)(C)C(=O)NCCCS(=O)(=O)[O-].CC(C)(C)C(=O)NCCCS(=O)(=O)[O-].[Ca+2]. The average molecular weight is 485 g/mol. The minimum Gasteiger partial charge on any atom is -0.748 e. The Kier molecular flexibility index (Phi) is 16.4. The smallest absolute Gasteiger partial charge is 0.748 e. The zero-order valence-corrected chi connectivity index (χ0v) is 21.9. The molecule has 0 saturated heterocycles. The van der Waals surface area contributed by atoms with Gasteiger partial charge in [-0.3, -0.25) is 9.59 Å². The summed E-state index contributed by atoms with van der Waals surface area (Å²) in [5.41, 5.74) is -0.979. The Morgan fingerprint density at radius 3 is 1.10 bits per heavy atom. The summed E-state index contributed by atoms with van der Waals surface area (Å²) in [6.45, 7) is 11.0. The van der Waals surface area contributed by atoms with Gasteiger partial charge in [0.1, 0.15) is 0 Å². The molecule has 0 saturated carbocycles. The fraction of sp³-hybridized carbons (Fsp3) is 0.875. The van der Waals surface area contributed by atoms with Crippen LogP contribution in [-0.4, -0.2) is 100 Å². The quantitative estimate of drug-likeness (QED) is 0.270. The first-order valence-corrected chi connectivity index (χ1v) is 11.8. The monoisotopic (exact) mass is 484 g/mol. The fourth-order valence-electron chi connectivity index (χ4n) is 1.43. The molecule has 0 aliphatic rings. The van der Waals surface area contributed by atoms with Crippen molar-refractivity contribution in [1.29, 1.82) is 0 Å². The first-order chi connectivity index (χ1) is 12.3. The molecule has 0 heterocycles. The normalized spacial score (nSPS) is 12.1. The Balaban J connectivity index is -0.000000451. The molecule has 29 heavy (non-hydrogen) atoms. The van der Waals surface area contributed by atoms with Crippen LogP contribution in [0.25, 0.3) is 0 Å². The maximum absolute atomic E-state index is 11.3. The predicted molar refractivity (Wildman–Crippen MR) is 109 cm³/mol. The van der Waals surface area contributed by atoms with Crippen LogP contribution in [-0.2, 0) is 29.8 Å². The minimum atomic E-state index is -4.16. The fourth-order valence-corrected chi connectivity index (χ4v) is 2.43. The van der Waals surface area contributed by atoms with Gasteiger partial charge in [-0.25, -0.2) is 16.8 Å². The van der Waals surface area contributed by atoms with E-state index in [1.807, 2.05) is 0 Å². The van der Waals surface area contributed by atoms with Gasteiger partial charge in [-0.2, -0.15) is 0 Å². The van der Waals surface area contributed by atoms with Gasteiger partial charge in [-0.1, -0.05) is 41.5 Å². The molecule has 0 unspecified atom stereocenters. The van der Waals surface area contributed by atoms with Gasteiger partial charge >= 0.3 is 37.7 Å². The zero-order chi connectivity index (χ0) is 22.8. The molecule has 13 heteroatoms. The van der Waals surface area contributed by atoms with Crippen molar-refractivity contribution in [1.82, 2.24) is 10.6 Å². The van der Waals surface area contributed by atoms with Gasteiger partial charge < -0.3 is 19.7 Å². The molecular formula is C16H32CaN2O8S2. The second-order valence-corrected chi connectivity index (χ2v) is 11.3. The van der Waals surface area contributed by atoms with Crippen molar-refractivity contribution in [3.63, 3.8) is 0 Å². The number of rotatable bonds is 8. The Morgan fingerprint density at radius 2 is 0.931 bits per heavy atom. The van der Waals surface area contributed by atoms with Crippen molar-refractivity contribution in [3.8, 4) is 0 Å². The van der Waals surface area contributed by atoms with Crippen LogP contribution >= 0.6 is 0 Å². The molecule has 168 valence electrons. The number of carbonyl (C=O) groups is 2. The van der Waals surface area contributed by atoms with E-state index in [0.29, 0.717) is 0 Å². The van der Waals surface area contributed by atoms with Gasteiger partial charge in [0.2, 0.25) is 11.8 Å². The van der Waals surface area contributed by atoms with E-state index in [0.717, 1.165) is 0 Å². The predicted octanol–water partition coefficient (Wildman–Crippen LogP) is -0.213. The van der Waals surface area contributed by atoms with Crippen molar-refractivity contribution in [2.45, 2.75) is 54.4 Å². The van der Waals surface area contributed by atoms with Crippen LogP contribution in [0.3, 0.4) is 0 Å². The summed E-state index contributed by atoms with van der Waals surface area (Å²) >= 11 is 0. The minimum absolute atomic E-state index is 0. The third-order valence-electron chi connectivity index (χ3n) is 3.08. The number of carbonyl (C=O) groups excluding carboxylic acids is 2. The van der Waals surface area contributed by atoms with Gasteiger partial charge in [-0.05, 0) is 12.8 Å². The van der Waals surface area contributed by atoms with E-state index < -0.39 is 42.6 Å². The number of hydrogen-bond donors (Lipinski definition) is 2. The second-order valence-electron chi connectivity index (χ2n) is 8.24. The number of nitrogens with one attached hydrogen (secondary N) is 2. The van der Waals surface area contributed by atoms with E-state index in [1.54, 1.807) is 41.5 Å². The van der Waals surface area contributed by atoms with Gasteiger partial charge in [0.25, 0.3) is 0 Å². The molecule has 0 bridgehead atoms. The summed E-state index contributed by atoms with van der Waals surface area (Å²) in [7, 11) is -8.32. The molecule has 0 aromatic rings. The topological polar surface area (TPSA) is 173 Å². The van der Waals surface area contributed by atoms with Crippen LogP contribution in [0, 0.1) is 10.8 Å².